The minimum absolute atomic E-state index is 0.223. The monoisotopic (exact) mass is 326 g/mol. The molecule has 1 aromatic carbocycles. The maximum atomic E-state index is 2.38. The van der Waals surface area contributed by atoms with Crippen LogP contribution in [0.15, 0.2) is 49.1 Å². The van der Waals surface area contributed by atoms with Gasteiger partial charge in [-0.05, 0) is 16.5 Å². The molecule has 0 fully saturated rings. The van der Waals surface area contributed by atoms with Crippen molar-refractivity contribution in [3.05, 3.63) is 60.2 Å². The Labute approximate surface area is 146 Å². The topological polar surface area (TPSA) is 13.0 Å². The Morgan fingerprint density at radius 2 is 1.38 bits per heavy atom. The van der Waals surface area contributed by atoms with E-state index in [4.69, 9.17) is 0 Å². The standard InChI is InChI=1S/C20H30N4/c1-20(2,3)19-7-5-18(6-8-19)15-24-14-13-23(17-24)12-11-22-10-9-21(4)16-22/h5-10,13-14H,11-12,15-17H2,1-4H3. The van der Waals surface area contributed by atoms with E-state index in [1.165, 1.54) is 11.1 Å². The van der Waals surface area contributed by atoms with Gasteiger partial charge in [-0.15, -0.1) is 0 Å². The normalized spacial score (nSPS) is 17.5. The highest BCUT2D eigenvalue weighted by atomic mass is 15.4. The van der Waals surface area contributed by atoms with Crippen LogP contribution in [0, 0.1) is 0 Å². The smallest absolute Gasteiger partial charge is 0.0897 e. The van der Waals surface area contributed by atoms with Crippen LogP contribution in [0.1, 0.15) is 31.9 Å². The van der Waals surface area contributed by atoms with E-state index in [9.17, 15) is 0 Å². The molecule has 0 unspecified atom stereocenters. The van der Waals surface area contributed by atoms with E-state index in [0.29, 0.717) is 0 Å². The highest BCUT2D eigenvalue weighted by Crippen LogP contribution is 2.23. The number of rotatable bonds is 5. The molecule has 3 rings (SSSR count). The van der Waals surface area contributed by atoms with Crippen LogP contribution in [0.5, 0.6) is 0 Å². The molecule has 2 heterocycles. The van der Waals surface area contributed by atoms with Crippen LogP contribution in [0.25, 0.3) is 0 Å². The third kappa shape index (κ3) is 4.25. The van der Waals surface area contributed by atoms with Crippen LogP contribution in [-0.4, -0.2) is 53.1 Å². The van der Waals surface area contributed by atoms with Gasteiger partial charge in [-0.2, -0.15) is 0 Å². The molecule has 0 spiro atoms. The fraction of sp³-hybridized carbons (Fsp3) is 0.500. The van der Waals surface area contributed by atoms with Crippen molar-refractivity contribution in [3.8, 4) is 0 Å². The van der Waals surface area contributed by atoms with Crippen molar-refractivity contribution >= 4 is 0 Å². The van der Waals surface area contributed by atoms with Crippen molar-refractivity contribution in [2.24, 2.45) is 0 Å². The second kappa shape index (κ2) is 6.80. The van der Waals surface area contributed by atoms with Gasteiger partial charge in [0.25, 0.3) is 0 Å². The second-order valence-corrected chi connectivity index (χ2v) is 7.95. The third-order valence-electron chi connectivity index (χ3n) is 4.67. The van der Waals surface area contributed by atoms with Crippen molar-refractivity contribution in [1.82, 2.24) is 19.6 Å². The molecule has 0 saturated carbocycles. The zero-order chi connectivity index (χ0) is 17.2. The summed E-state index contributed by atoms with van der Waals surface area (Å²) in [6.45, 7) is 11.9. The minimum atomic E-state index is 0.223. The predicted molar refractivity (Wildman–Crippen MR) is 99.9 cm³/mol. The fourth-order valence-electron chi connectivity index (χ4n) is 3.10. The molecular formula is C20H30N4. The molecule has 4 nitrogen and oxygen atoms in total. The van der Waals surface area contributed by atoms with Crippen molar-refractivity contribution in [2.75, 3.05) is 33.5 Å². The minimum Gasteiger partial charge on any atom is -0.362 e. The van der Waals surface area contributed by atoms with Crippen molar-refractivity contribution in [3.63, 3.8) is 0 Å². The largest absolute Gasteiger partial charge is 0.362 e. The van der Waals surface area contributed by atoms with Crippen molar-refractivity contribution < 1.29 is 0 Å². The molecule has 4 heteroatoms. The Balaban J connectivity index is 1.45. The van der Waals surface area contributed by atoms with Crippen LogP contribution < -0.4 is 0 Å². The third-order valence-corrected chi connectivity index (χ3v) is 4.67. The van der Waals surface area contributed by atoms with Gasteiger partial charge >= 0.3 is 0 Å². The lowest BCUT2D eigenvalue weighted by Gasteiger charge is -2.25. The molecule has 1 aromatic rings. The Morgan fingerprint density at radius 1 is 0.792 bits per heavy atom. The SMILES string of the molecule is CN1C=CN(CCN2C=CN(Cc3ccc(C(C)(C)C)cc3)C2)C1. The first-order valence-corrected chi connectivity index (χ1v) is 8.79. The lowest BCUT2D eigenvalue weighted by molar-refractivity contribution is 0.224. The molecule has 0 bridgehead atoms. The predicted octanol–water partition coefficient (Wildman–Crippen LogP) is 3.21. The summed E-state index contributed by atoms with van der Waals surface area (Å²) in [5.74, 6) is 0. The van der Waals surface area contributed by atoms with Gasteiger partial charge in [0.15, 0.2) is 0 Å². The molecule has 0 atom stereocenters. The molecule has 0 radical (unpaired) electrons. The summed E-state index contributed by atoms with van der Waals surface area (Å²) in [6.07, 6.45) is 8.73. The molecule has 0 N–H and O–H groups in total. The summed E-state index contributed by atoms with van der Waals surface area (Å²) in [5.41, 5.74) is 2.99. The van der Waals surface area contributed by atoms with E-state index >= 15 is 0 Å². The Bertz CT molecular complexity index is 597. The van der Waals surface area contributed by atoms with Gasteiger partial charge in [0.2, 0.25) is 0 Å². The average Bonchev–Trinajstić information content (AvgIpc) is 3.14. The van der Waals surface area contributed by atoms with Gasteiger partial charge in [0.1, 0.15) is 0 Å². The average molecular weight is 326 g/mol. The maximum Gasteiger partial charge on any atom is 0.0897 e. The second-order valence-electron chi connectivity index (χ2n) is 7.95. The number of benzene rings is 1. The summed E-state index contributed by atoms with van der Waals surface area (Å²) >= 11 is 0. The van der Waals surface area contributed by atoms with E-state index in [0.717, 1.165) is 33.0 Å². The van der Waals surface area contributed by atoms with Crippen LogP contribution >= 0.6 is 0 Å². The van der Waals surface area contributed by atoms with E-state index in [2.05, 4.69) is 96.5 Å². The summed E-state index contributed by atoms with van der Waals surface area (Å²) < 4.78 is 0. The number of hydrogen-bond acceptors (Lipinski definition) is 4. The Morgan fingerprint density at radius 3 is 1.96 bits per heavy atom. The molecule has 0 saturated heterocycles. The maximum absolute atomic E-state index is 2.38. The molecule has 0 aliphatic carbocycles. The summed E-state index contributed by atoms with van der Waals surface area (Å²) in [5, 5.41) is 0. The highest BCUT2D eigenvalue weighted by Gasteiger charge is 2.16. The lowest BCUT2D eigenvalue weighted by atomic mass is 9.87. The lowest BCUT2D eigenvalue weighted by Crippen LogP contribution is -2.33. The fourth-order valence-corrected chi connectivity index (χ4v) is 3.10. The number of nitrogens with zero attached hydrogens (tertiary/aromatic N) is 4. The van der Waals surface area contributed by atoms with Crippen LogP contribution in [-0.2, 0) is 12.0 Å². The molecule has 0 amide bonds. The molecule has 0 aromatic heterocycles. The first-order valence-electron chi connectivity index (χ1n) is 8.79. The molecule has 2 aliphatic rings. The quantitative estimate of drug-likeness (QED) is 0.824. The summed E-state index contributed by atoms with van der Waals surface area (Å²) in [6, 6.07) is 9.07. The Kier molecular flexibility index (Phi) is 4.74. The molecule has 130 valence electrons. The highest BCUT2D eigenvalue weighted by molar-refractivity contribution is 5.27. The van der Waals surface area contributed by atoms with Gasteiger partial charge in [0, 0.05) is 51.5 Å². The van der Waals surface area contributed by atoms with Gasteiger partial charge in [0.05, 0.1) is 13.3 Å². The van der Waals surface area contributed by atoms with E-state index in [1.54, 1.807) is 0 Å². The van der Waals surface area contributed by atoms with E-state index < -0.39 is 0 Å². The van der Waals surface area contributed by atoms with Gasteiger partial charge in [-0.3, -0.25) is 0 Å². The molecule has 2 aliphatic heterocycles. The van der Waals surface area contributed by atoms with Crippen molar-refractivity contribution in [1.29, 1.82) is 0 Å². The summed E-state index contributed by atoms with van der Waals surface area (Å²) in [4.78, 5) is 9.31. The molecular weight excluding hydrogens is 296 g/mol. The van der Waals surface area contributed by atoms with E-state index in [-0.39, 0.29) is 5.41 Å². The van der Waals surface area contributed by atoms with Crippen LogP contribution in [0.2, 0.25) is 0 Å². The van der Waals surface area contributed by atoms with Gasteiger partial charge in [-0.25, -0.2) is 0 Å². The summed E-state index contributed by atoms with van der Waals surface area (Å²) in [7, 11) is 2.11. The van der Waals surface area contributed by atoms with Crippen molar-refractivity contribution in [2.45, 2.75) is 32.7 Å². The van der Waals surface area contributed by atoms with Crippen LogP contribution in [0.4, 0.5) is 0 Å². The number of hydrogen-bond donors (Lipinski definition) is 0. The molecule has 24 heavy (non-hydrogen) atoms. The zero-order valence-corrected chi connectivity index (χ0v) is 15.4. The van der Waals surface area contributed by atoms with Crippen LogP contribution in [0.3, 0.4) is 0 Å². The zero-order valence-electron chi connectivity index (χ0n) is 15.4. The van der Waals surface area contributed by atoms with Gasteiger partial charge < -0.3 is 19.6 Å². The van der Waals surface area contributed by atoms with Gasteiger partial charge in [-0.1, -0.05) is 45.0 Å². The first kappa shape index (κ1) is 16.7. The first-order chi connectivity index (χ1) is 11.4. The van der Waals surface area contributed by atoms with E-state index in [1.807, 2.05) is 0 Å². The Hall–Kier alpha value is -2.10.